The fourth-order valence-corrected chi connectivity index (χ4v) is 6.01. The summed E-state index contributed by atoms with van der Waals surface area (Å²) in [6.45, 7) is 6.18. The second-order valence-corrected chi connectivity index (χ2v) is 9.96. The summed E-state index contributed by atoms with van der Waals surface area (Å²) in [5, 5.41) is 13.7. The summed E-state index contributed by atoms with van der Waals surface area (Å²) in [5.74, 6) is -1.64. The summed E-state index contributed by atoms with van der Waals surface area (Å²) in [5.41, 5.74) is -1.19. The zero-order valence-electron chi connectivity index (χ0n) is 19.8. The topological polar surface area (TPSA) is 113 Å². The molecule has 4 aliphatic rings. The predicted molar refractivity (Wildman–Crippen MR) is 123 cm³/mol. The number of nitrogens with one attached hydrogen (secondary N) is 1. The Morgan fingerprint density at radius 1 is 1.18 bits per heavy atom. The Bertz CT molecular complexity index is 1010. The second kappa shape index (κ2) is 9.31. The first kappa shape index (κ1) is 23.3. The summed E-state index contributed by atoms with van der Waals surface area (Å²) in [7, 11) is 0. The number of ether oxygens (including phenoxy) is 2. The van der Waals surface area contributed by atoms with Gasteiger partial charge in [-0.05, 0) is 26.2 Å². The van der Waals surface area contributed by atoms with Gasteiger partial charge in [-0.3, -0.25) is 19.3 Å². The van der Waals surface area contributed by atoms with E-state index in [1.54, 1.807) is 4.90 Å². The first-order valence-corrected chi connectivity index (χ1v) is 12.4. The maximum atomic E-state index is 13.2. The van der Waals surface area contributed by atoms with Crippen molar-refractivity contribution in [3.8, 4) is 5.75 Å². The summed E-state index contributed by atoms with van der Waals surface area (Å²) < 4.78 is 12.8. The van der Waals surface area contributed by atoms with Gasteiger partial charge in [0.15, 0.2) is 17.7 Å². The molecule has 1 aromatic heterocycles. The van der Waals surface area contributed by atoms with E-state index in [0.29, 0.717) is 32.8 Å². The molecule has 34 heavy (non-hydrogen) atoms. The van der Waals surface area contributed by atoms with Crippen LogP contribution in [0.5, 0.6) is 5.75 Å². The molecule has 2 saturated heterocycles. The highest BCUT2D eigenvalue weighted by molar-refractivity contribution is 5.99. The van der Waals surface area contributed by atoms with E-state index in [4.69, 9.17) is 9.47 Å². The summed E-state index contributed by atoms with van der Waals surface area (Å²) >= 11 is 0. The molecular formula is C24H34N4O6. The van der Waals surface area contributed by atoms with Crippen LogP contribution in [0.2, 0.25) is 0 Å². The lowest BCUT2D eigenvalue weighted by atomic mass is 9.79. The Kier molecular flexibility index (Phi) is 6.39. The largest absolute Gasteiger partial charge is 0.503 e. The first-order chi connectivity index (χ1) is 16.4. The van der Waals surface area contributed by atoms with Crippen LogP contribution >= 0.6 is 0 Å². The molecule has 4 heterocycles. The van der Waals surface area contributed by atoms with Gasteiger partial charge in [0.05, 0.1) is 26.4 Å². The molecule has 1 aliphatic carbocycles. The van der Waals surface area contributed by atoms with E-state index in [9.17, 15) is 19.5 Å². The lowest BCUT2D eigenvalue weighted by Gasteiger charge is -2.48. The lowest BCUT2D eigenvalue weighted by molar-refractivity contribution is -0.112. The third-order valence-electron chi connectivity index (χ3n) is 7.97. The number of carbonyl (C=O) groups is 2. The average molecular weight is 475 g/mol. The third-order valence-corrected chi connectivity index (χ3v) is 7.97. The minimum atomic E-state index is -0.815. The van der Waals surface area contributed by atoms with Crippen LogP contribution in [0.4, 0.5) is 0 Å². The zero-order chi connectivity index (χ0) is 23.9. The van der Waals surface area contributed by atoms with Gasteiger partial charge < -0.3 is 29.4 Å². The number of fused-ring (bicyclic) bond motifs is 2. The standard InChI is InChI=1S/C24H34N4O6/c1-16-5-10-34-18-14-26-13-17(20(29)21(30)19(26)23(32)28(16)18)22(31)25-15-24(6-3-2-4-7-24)27-8-11-33-12-9-27/h13,16,18,30H,2-12,14-15H2,1H3,(H,25,31)/t16-,18+/m1/s1. The van der Waals surface area contributed by atoms with Crippen LogP contribution < -0.4 is 10.7 Å². The predicted octanol–water partition coefficient (Wildman–Crippen LogP) is 0.910. The van der Waals surface area contributed by atoms with Crippen LogP contribution in [0.1, 0.15) is 66.3 Å². The van der Waals surface area contributed by atoms with Crippen molar-refractivity contribution in [2.45, 2.75) is 69.8 Å². The third kappa shape index (κ3) is 4.01. The molecule has 0 spiro atoms. The van der Waals surface area contributed by atoms with Gasteiger partial charge in [0.2, 0.25) is 5.43 Å². The minimum Gasteiger partial charge on any atom is -0.503 e. The number of hydrogen-bond donors (Lipinski definition) is 2. The maximum Gasteiger partial charge on any atom is 0.276 e. The number of nitrogens with zero attached hydrogens (tertiary/aromatic N) is 3. The van der Waals surface area contributed by atoms with Crippen molar-refractivity contribution >= 4 is 11.8 Å². The molecule has 186 valence electrons. The van der Waals surface area contributed by atoms with Gasteiger partial charge in [-0.15, -0.1) is 0 Å². The monoisotopic (exact) mass is 474 g/mol. The fraction of sp³-hybridized carbons (Fsp3) is 0.708. The quantitative estimate of drug-likeness (QED) is 0.667. The number of hydrogen-bond acceptors (Lipinski definition) is 7. The van der Waals surface area contributed by atoms with Crippen LogP contribution in [0.25, 0.3) is 0 Å². The molecule has 2 atom stereocenters. The highest BCUT2D eigenvalue weighted by Crippen LogP contribution is 2.34. The first-order valence-electron chi connectivity index (χ1n) is 12.4. The van der Waals surface area contributed by atoms with E-state index in [1.165, 1.54) is 17.2 Å². The van der Waals surface area contributed by atoms with E-state index >= 15 is 0 Å². The van der Waals surface area contributed by atoms with Crippen molar-refractivity contribution < 1.29 is 24.2 Å². The number of carbonyl (C=O) groups excluding carboxylic acids is 2. The van der Waals surface area contributed by atoms with Crippen LogP contribution in [0.15, 0.2) is 11.0 Å². The molecule has 0 radical (unpaired) electrons. The normalized spacial score (nSPS) is 27.1. The number of pyridine rings is 1. The molecule has 0 unspecified atom stereocenters. The van der Waals surface area contributed by atoms with Crippen LogP contribution in [0, 0.1) is 0 Å². The number of aromatic hydroxyl groups is 1. The van der Waals surface area contributed by atoms with Gasteiger partial charge in [-0.1, -0.05) is 19.3 Å². The molecule has 0 bridgehead atoms. The molecule has 0 aromatic carbocycles. The molecule has 2 N–H and O–H groups in total. The summed E-state index contributed by atoms with van der Waals surface area (Å²) in [4.78, 5) is 43.2. The van der Waals surface area contributed by atoms with E-state index < -0.39 is 29.2 Å². The highest BCUT2D eigenvalue weighted by atomic mass is 16.5. The van der Waals surface area contributed by atoms with Gasteiger partial charge in [0, 0.05) is 37.4 Å². The number of rotatable bonds is 4. The molecule has 3 fully saturated rings. The van der Waals surface area contributed by atoms with Crippen molar-refractivity contribution in [2.24, 2.45) is 0 Å². The molecule has 5 rings (SSSR count). The second-order valence-electron chi connectivity index (χ2n) is 9.96. The highest BCUT2D eigenvalue weighted by Gasteiger charge is 2.42. The van der Waals surface area contributed by atoms with Crippen LogP contribution in [0.3, 0.4) is 0 Å². The maximum absolute atomic E-state index is 13.2. The molecule has 1 aromatic rings. The summed E-state index contributed by atoms with van der Waals surface area (Å²) in [6.07, 6.45) is 6.99. The van der Waals surface area contributed by atoms with E-state index in [0.717, 1.165) is 38.8 Å². The van der Waals surface area contributed by atoms with Gasteiger partial charge in [-0.2, -0.15) is 0 Å². The Labute approximate surface area is 198 Å². The molecule has 2 amide bonds. The molecule has 3 aliphatic heterocycles. The van der Waals surface area contributed by atoms with Crippen molar-refractivity contribution in [1.82, 2.24) is 19.7 Å². The Hall–Kier alpha value is -2.43. The number of morpholine rings is 1. The Balaban J connectivity index is 1.39. The average Bonchev–Trinajstić information content (AvgIpc) is 2.85. The minimum absolute atomic E-state index is 0.0515. The van der Waals surface area contributed by atoms with E-state index in [-0.39, 0.29) is 29.4 Å². The zero-order valence-corrected chi connectivity index (χ0v) is 19.8. The number of amides is 2. The van der Waals surface area contributed by atoms with Crippen LogP contribution in [-0.4, -0.2) is 88.6 Å². The fourth-order valence-electron chi connectivity index (χ4n) is 6.01. The van der Waals surface area contributed by atoms with Gasteiger partial charge in [0.1, 0.15) is 5.56 Å². The van der Waals surface area contributed by atoms with Gasteiger partial charge in [-0.25, -0.2) is 0 Å². The molecular weight excluding hydrogens is 440 g/mol. The Morgan fingerprint density at radius 2 is 1.91 bits per heavy atom. The van der Waals surface area contributed by atoms with Gasteiger partial charge >= 0.3 is 0 Å². The molecule has 1 saturated carbocycles. The van der Waals surface area contributed by atoms with E-state index in [2.05, 4.69) is 10.2 Å². The lowest BCUT2D eigenvalue weighted by Crippen LogP contribution is -2.60. The summed E-state index contributed by atoms with van der Waals surface area (Å²) in [6, 6.07) is -0.0515. The molecule has 10 nitrogen and oxygen atoms in total. The Morgan fingerprint density at radius 3 is 2.65 bits per heavy atom. The smallest absolute Gasteiger partial charge is 0.276 e. The van der Waals surface area contributed by atoms with Crippen molar-refractivity contribution in [3.63, 3.8) is 0 Å². The number of aromatic nitrogens is 1. The SMILES string of the molecule is C[C@@H]1CCO[C@H]2Cn3cc(C(=O)NCC4(N5CCOCC5)CCCCC4)c(=O)c(O)c3C(=O)N12. The van der Waals surface area contributed by atoms with Crippen LogP contribution in [-0.2, 0) is 16.0 Å². The van der Waals surface area contributed by atoms with Gasteiger partial charge in [0.25, 0.3) is 11.8 Å². The van der Waals surface area contributed by atoms with E-state index in [1.807, 2.05) is 6.92 Å². The van der Waals surface area contributed by atoms with Crippen molar-refractivity contribution in [1.29, 1.82) is 0 Å². The van der Waals surface area contributed by atoms with Crippen molar-refractivity contribution in [3.05, 3.63) is 27.7 Å². The van der Waals surface area contributed by atoms with Crippen molar-refractivity contribution in [2.75, 3.05) is 39.5 Å². The molecule has 10 heteroatoms.